The Bertz CT molecular complexity index is 917. The van der Waals surface area contributed by atoms with Gasteiger partial charge in [0.1, 0.15) is 11.5 Å². The molecule has 0 aliphatic rings. The third-order valence-corrected chi connectivity index (χ3v) is 3.98. The van der Waals surface area contributed by atoms with Crippen molar-refractivity contribution in [3.63, 3.8) is 0 Å². The second-order valence-electron chi connectivity index (χ2n) is 5.69. The van der Waals surface area contributed by atoms with Crippen molar-refractivity contribution in [1.29, 1.82) is 0 Å². The van der Waals surface area contributed by atoms with Crippen molar-refractivity contribution in [3.05, 3.63) is 77.0 Å². The van der Waals surface area contributed by atoms with Crippen molar-refractivity contribution < 1.29 is 9.21 Å². The number of halogens is 1. The van der Waals surface area contributed by atoms with Crippen LogP contribution in [0.4, 0.5) is 5.69 Å². The van der Waals surface area contributed by atoms with Crippen LogP contribution in [-0.2, 0) is 4.79 Å². The van der Waals surface area contributed by atoms with Crippen LogP contribution in [0.15, 0.2) is 70.2 Å². The number of hydrazone groups is 1. The van der Waals surface area contributed by atoms with Gasteiger partial charge in [-0.2, -0.15) is 5.10 Å². The molecule has 1 amide bonds. The Morgan fingerprint density at radius 1 is 1.12 bits per heavy atom. The number of carbonyl (C=O) groups is 1. The summed E-state index contributed by atoms with van der Waals surface area (Å²) in [5.74, 6) is 0.913. The van der Waals surface area contributed by atoms with Gasteiger partial charge >= 0.3 is 0 Å². The highest BCUT2D eigenvalue weighted by Crippen LogP contribution is 2.28. The molecule has 0 unspecified atom stereocenters. The van der Waals surface area contributed by atoms with E-state index in [2.05, 4.69) is 15.8 Å². The number of amides is 1. The van der Waals surface area contributed by atoms with E-state index in [4.69, 9.17) is 16.0 Å². The number of nitrogens with zero attached hydrogens (tertiary/aromatic N) is 1. The number of carbonyl (C=O) groups excluding carboxylic acids is 1. The van der Waals surface area contributed by atoms with Gasteiger partial charge in [-0.05, 0) is 43.3 Å². The van der Waals surface area contributed by atoms with Crippen LogP contribution in [0.1, 0.15) is 11.3 Å². The summed E-state index contributed by atoms with van der Waals surface area (Å²) in [5.41, 5.74) is 5.31. The van der Waals surface area contributed by atoms with E-state index in [0.717, 1.165) is 11.3 Å². The predicted molar refractivity (Wildman–Crippen MR) is 105 cm³/mol. The maximum Gasteiger partial charge on any atom is 0.259 e. The van der Waals surface area contributed by atoms with Gasteiger partial charge < -0.3 is 9.73 Å². The molecule has 3 aromatic rings. The fourth-order valence-electron chi connectivity index (χ4n) is 2.29. The van der Waals surface area contributed by atoms with Crippen molar-refractivity contribution in [1.82, 2.24) is 5.43 Å². The second-order valence-corrected chi connectivity index (χ2v) is 6.10. The molecule has 0 saturated carbocycles. The Kier molecular flexibility index (Phi) is 5.71. The first-order chi connectivity index (χ1) is 12.6. The average molecular weight is 368 g/mol. The Balaban J connectivity index is 1.51. The highest BCUT2D eigenvalue weighted by molar-refractivity contribution is 6.33. The fourth-order valence-corrected chi connectivity index (χ4v) is 2.52. The molecule has 0 saturated heterocycles. The topological polar surface area (TPSA) is 66.6 Å². The average Bonchev–Trinajstić information content (AvgIpc) is 3.10. The SMILES string of the molecule is Cc1ccc(NCC(=O)N/N=C\c2ccc(-c3ccccc3Cl)o2)cc1. The molecule has 0 aliphatic carbocycles. The third kappa shape index (κ3) is 4.74. The molecular formula is C20H18ClN3O2. The molecule has 0 aliphatic heterocycles. The molecule has 0 bridgehead atoms. The maximum absolute atomic E-state index is 11.8. The quantitative estimate of drug-likeness (QED) is 0.499. The molecule has 0 fully saturated rings. The van der Waals surface area contributed by atoms with E-state index in [-0.39, 0.29) is 12.5 Å². The number of rotatable bonds is 6. The van der Waals surface area contributed by atoms with Crippen LogP contribution in [0.25, 0.3) is 11.3 Å². The van der Waals surface area contributed by atoms with Gasteiger partial charge in [-0.25, -0.2) is 5.43 Å². The molecule has 2 aromatic carbocycles. The molecule has 1 aromatic heterocycles. The molecular weight excluding hydrogens is 350 g/mol. The van der Waals surface area contributed by atoms with Gasteiger partial charge in [0, 0.05) is 11.3 Å². The lowest BCUT2D eigenvalue weighted by Crippen LogP contribution is -2.25. The number of hydrogen-bond donors (Lipinski definition) is 2. The molecule has 0 radical (unpaired) electrons. The van der Waals surface area contributed by atoms with Gasteiger partial charge in [0.25, 0.3) is 5.91 Å². The minimum Gasteiger partial charge on any atom is -0.455 e. The number of nitrogens with one attached hydrogen (secondary N) is 2. The zero-order chi connectivity index (χ0) is 18.4. The number of aryl methyl sites for hydroxylation is 1. The number of hydrogen-bond acceptors (Lipinski definition) is 4. The highest BCUT2D eigenvalue weighted by Gasteiger charge is 2.07. The van der Waals surface area contributed by atoms with Crippen LogP contribution < -0.4 is 10.7 Å². The van der Waals surface area contributed by atoms with Gasteiger partial charge in [0.15, 0.2) is 0 Å². The zero-order valence-corrected chi connectivity index (χ0v) is 15.0. The van der Waals surface area contributed by atoms with Crippen molar-refractivity contribution >= 4 is 29.4 Å². The van der Waals surface area contributed by atoms with E-state index in [1.165, 1.54) is 11.8 Å². The first kappa shape index (κ1) is 17.8. The van der Waals surface area contributed by atoms with Gasteiger partial charge in [-0.15, -0.1) is 0 Å². The summed E-state index contributed by atoms with van der Waals surface area (Å²) in [6.45, 7) is 2.14. The van der Waals surface area contributed by atoms with E-state index in [1.54, 1.807) is 12.1 Å². The summed E-state index contributed by atoms with van der Waals surface area (Å²) in [6.07, 6.45) is 1.45. The molecule has 5 nitrogen and oxygen atoms in total. The monoisotopic (exact) mass is 367 g/mol. The molecule has 0 spiro atoms. The van der Waals surface area contributed by atoms with Crippen molar-refractivity contribution in [2.24, 2.45) is 5.10 Å². The van der Waals surface area contributed by atoms with Gasteiger partial charge in [0.05, 0.1) is 17.8 Å². The van der Waals surface area contributed by atoms with Crippen molar-refractivity contribution in [2.75, 3.05) is 11.9 Å². The van der Waals surface area contributed by atoms with E-state index >= 15 is 0 Å². The van der Waals surface area contributed by atoms with Gasteiger partial charge in [0.2, 0.25) is 0 Å². The van der Waals surface area contributed by atoms with Crippen LogP contribution in [0.5, 0.6) is 0 Å². The molecule has 132 valence electrons. The first-order valence-electron chi connectivity index (χ1n) is 8.09. The molecule has 3 rings (SSSR count). The Labute approximate surface area is 156 Å². The van der Waals surface area contributed by atoms with Crippen molar-refractivity contribution in [3.8, 4) is 11.3 Å². The van der Waals surface area contributed by atoms with E-state index in [9.17, 15) is 4.79 Å². The molecule has 1 heterocycles. The van der Waals surface area contributed by atoms with Gasteiger partial charge in [-0.3, -0.25) is 4.79 Å². The van der Waals surface area contributed by atoms with Crippen LogP contribution >= 0.6 is 11.6 Å². The lowest BCUT2D eigenvalue weighted by Gasteiger charge is -2.05. The number of anilines is 1. The summed E-state index contributed by atoms with van der Waals surface area (Å²) in [7, 11) is 0. The van der Waals surface area contributed by atoms with E-state index in [1.807, 2.05) is 55.5 Å². The molecule has 26 heavy (non-hydrogen) atoms. The summed E-state index contributed by atoms with van der Waals surface area (Å²) >= 11 is 6.15. The maximum atomic E-state index is 11.8. The lowest BCUT2D eigenvalue weighted by atomic mass is 10.2. The summed E-state index contributed by atoms with van der Waals surface area (Å²) in [4.78, 5) is 11.8. The van der Waals surface area contributed by atoms with Crippen LogP contribution in [-0.4, -0.2) is 18.7 Å². The Hall–Kier alpha value is -3.05. The van der Waals surface area contributed by atoms with Crippen LogP contribution in [0, 0.1) is 6.92 Å². The van der Waals surface area contributed by atoms with E-state index in [0.29, 0.717) is 16.5 Å². The smallest absolute Gasteiger partial charge is 0.259 e. The number of furan rings is 1. The van der Waals surface area contributed by atoms with Crippen LogP contribution in [0.3, 0.4) is 0 Å². The largest absolute Gasteiger partial charge is 0.455 e. The van der Waals surface area contributed by atoms with Gasteiger partial charge in [-0.1, -0.05) is 41.4 Å². The Morgan fingerprint density at radius 3 is 2.65 bits per heavy atom. The predicted octanol–water partition coefficient (Wildman–Crippen LogP) is 4.47. The van der Waals surface area contributed by atoms with Crippen molar-refractivity contribution in [2.45, 2.75) is 6.92 Å². The highest BCUT2D eigenvalue weighted by atomic mass is 35.5. The zero-order valence-electron chi connectivity index (χ0n) is 14.2. The minimum absolute atomic E-state index is 0.128. The molecule has 2 N–H and O–H groups in total. The standard InChI is InChI=1S/C20H18ClN3O2/c1-14-6-8-15(9-7-14)22-13-20(25)24-23-12-16-10-11-19(26-16)17-4-2-3-5-18(17)21/h2-12,22H,13H2,1H3,(H,24,25)/b23-12-. The van der Waals surface area contributed by atoms with Crippen LogP contribution in [0.2, 0.25) is 5.02 Å². The first-order valence-corrected chi connectivity index (χ1v) is 8.47. The fraction of sp³-hybridized carbons (Fsp3) is 0.100. The van der Waals surface area contributed by atoms with E-state index < -0.39 is 0 Å². The summed E-state index contributed by atoms with van der Waals surface area (Å²) in [5, 5.41) is 7.55. The minimum atomic E-state index is -0.250. The second kappa shape index (κ2) is 8.36. The third-order valence-electron chi connectivity index (χ3n) is 3.65. The normalized spacial score (nSPS) is 10.8. The number of benzene rings is 2. The molecule has 0 atom stereocenters. The Morgan fingerprint density at radius 2 is 1.88 bits per heavy atom. The molecule has 6 heteroatoms. The summed E-state index contributed by atoms with van der Waals surface area (Å²) < 4.78 is 5.67. The summed E-state index contributed by atoms with van der Waals surface area (Å²) in [6, 6.07) is 18.8. The lowest BCUT2D eigenvalue weighted by molar-refractivity contribution is -0.119.